The van der Waals surface area contributed by atoms with Gasteiger partial charge in [-0.1, -0.05) is 6.07 Å². The van der Waals surface area contributed by atoms with E-state index in [-0.39, 0.29) is 31.0 Å². The van der Waals surface area contributed by atoms with Crippen molar-refractivity contribution >= 4 is 34.5 Å². The first-order valence-corrected chi connectivity index (χ1v) is 12.4. The summed E-state index contributed by atoms with van der Waals surface area (Å²) in [5.41, 5.74) is 10.4. The second-order valence-corrected chi connectivity index (χ2v) is 10.8. The maximum atomic E-state index is 14.0. The monoisotopic (exact) mass is 513 g/mol. The molecule has 0 saturated carbocycles. The predicted molar refractivity (Wildman–Crippen MR) is 135 cm³/mol. The molecule has 0 bridgehead atoms. The van der Waals surface area contributed by atoms with Gasteiger partial charge in [0.05, 0.1) is 24.7 Å². The zero-order valence-electron chi connectivity index (χ0n) is 21.6. The lowest BCUT2D eigenvalue weighted by Crippen LogP contribution is -2.63. The van der Waals surface area contributed by atoms with Crippen LogP contribution in [0.2, 0.25) is 0 Å². The number of carbonyl (C=O) groups excluding carboxylic acids is 4. The van der Waals surface area contributed by atoms with E-state index in [0.29, 0.717) is 29.6 Å². The fourth-order valence-corrected chi connectivity index (χ4v) is 5.73. The molecule has 0 spiro atoms. The third-order valence-corrected chi connectivity index (χ3v) is 7.28. The summed E-state index contributed by atoms with van der Waals surface area (Å²) >= 11 is 0. The summed E-state index contributed by atoms with van der Waals surface area (Å²) in [4.78, 5) is 57.0. The van der Waals surface area contributed by atoms with Crippen LogP contribution in [0.1, 0.15) is 50.5 Å². The molecular formula is C26H35N5O6. The predicted octanol–water partition coefficient (Wildman–Crippen LogP) is 1.06. The lowest BCUT2D eigenvalue weighted by atomic mass is 9.74. The summed E-state index contributed by atoms with van der Waals surface area (Å²) in [5, 5.41) is 3.43. The normalized spacial score (nSPS) is 24.8. The highest BCUT2D eigenvalue weighted by molar-refractivity contribution is 6.04. The summed E-state index contributed by atoms with van der Waals surface area (Å²) in [6.45, 7) is 6.07. The fourth-order valence-electron chi connectivity index (χ4n) is 5.73. The Morgan fingerprint density at radius 1 is 1.24 bits per heavy atom. The van der Waals surface area contributed by atoms with E-state index >= 15 is 0 Å². The highest BCUT2D eigenvalue weighted by Gasteiger charge is 2.60. The average Bonchev–Trinajstić information content (AvgIpc) is 3.52. The topological polar surface area (TPSA) is 170 Å². The minimum atomic E-state index is -1.77. The molecule has 4 amide bonds. The Morgan fingerprint density at radius 2 is 1.97 bits per heavy atom. The van der Waals surface area contributed by atoms with Crippen molar-refractivity contribution in [2.45, 2.75) is 57.3 Å². The van der Waals surface area contributed by atoms with Crippen LogP contribution in [0.3, 0.4) is 0 Å². The first-order chi connectivity index (χ1) is 17.4. The Labute approximate surface area is 215 Å². The van der Waals surface area contributed by atoms with Crippen LogP contribution in [0, 0.1) is 11.8 Å². The van der Waals surface area contributed by atoms with Crippen LogP contribution in [0.5, 0.6) is 5.75 Å². The number of nitrogens with one attached hydrogen (secondary N) is 2. The highest BCUT2D eigenvalue weighted by atomic mass is 16.5. The number of ether oxygens (including phenoxy) is 2. The van der Waals surface area contributed by atoms with E-state index in [9.17, 15) is 19.2 Å². The molecule has 2 fully saturated rings. The Morgan fingerprint density at radius 3 is 2.54 bits per heavy atom. The number of methoxy groups -OCH3 is 1. The summed E-state index contributed by atoms with van der Waals surface area (Å²) in [5.74, 6) is -3.54. The Hall–Kier alpha value is -3.60. The molecule has 0 aliphatic carbocycles. The standard InChI is InChI=1S/C26H35N5O6/c1-25(2,3)37-15-12-26(24(28)35,17(21(27)32)10-14-8-9-29-22(14)33)31(13-15)23(34)19-11-16-18(30-19)6-5-7-20(16)36-4/h5-7,11,14-15,17,30H,8-10,12-13H2,1-4H3,(H2,27,32)(H2,28,35)(H,29,33)/t14-,15?,17-,26?/m1/s1. The number of aromatic nitrogens is 1. The van der Waals surface area contributed by atoms with Gasteiger partial charge in [-0.25, -0.2) is 0 Å². The number of H-pyrrole nitrogens is 1. The van der Waals surface area contributed by atoms with Crippen molar-refractivity contribution in [3.63, 3.8) is 0 Å². The molecule has 6 N–H and O–H groups in total. The number of hydrogen-bond donors (Lipinski definition) is 4. The highest BCUT2D eigenvalue weighted by Crippen LogP contribution is 2.43. The van der Waals surface area contributed by atoms with E-state index in [0.717, 1.165) is 0 Å². The molecule has 2 unspecified atom stereocenters. The SMILES string of the molecule is COc1cccc2[nH]c(C(=O)N3CC(OC(C)(C)C)CC3(C(N)=O)[C@H](C[C@H]3CCNC3=O)C(N)=O)cc12. The van der Waals surface area contributed by atoms with Gasteiger partial charge in [-0.3, -0.25) is 19.2 Å². The zero-order valence-corrected chi connectivity index (χ0v) is 21.6. The molecule has 2 aliphatic heterocycles. The quantitative estimate of drug-likeness (QED) is 0.411. The second kappa shape index (κ2) is 9.70. The van der Waals surface area contributed by atoms with Gasteiger partial charge in [0.2, 0.25) is 17.7 Å². The minimum absolute atomic E-state index is 0.00332. The van der Waals surface area contributed by atoms with Crippen molar-refractivity contribution in [2.75, 3.05) is 20.2 Å². The Balaban J connectivity index is 1.80. The zero-order chi connectivity index (χ0) is 27.1. The van der Waals surface area contributed by atoms with E-state index in [4.69, 9.17) is 20.9 Å². The first kappa shape index (κ1) is 26.5. The molecule has 2 aromatic rings. The average molecular weight is 514 g/mol. The molecule has 200 valence electrons. The number of nitrogens with two attached hydrogens (primary N) is 2. The molecular weight excluding hydrogens is 478 g/mol. The lowest BCUT2D eigenvalue weighted by molar-refractivity contribution is -0.140. The van der Waals surface area contributed by atoms with Crippen LogP contribution in [0.4, 0.5) is 0 Å². The number of fused-ring (bicyclic) bond motifs is 1. The van der Waals surface area contributed by atoms with Crippen LogP contribution < -0.4 is 21.5 Å². The van der Waals surface area contributed by atoms with Gasteiger partial charge in [0.15, 0.2) is 0 Å². The summed E-state index contributed by atoms with van der Waals surface area (Å²) in [7, 11) is 1.53. The van der Waals surface area contributed by atoms with Gasteiger partial charge in [-0.2, -0.15) is 0 Å². The first-order valence-electron chi connectivity index (χ1n) is 12.4. The third-order valence-electron chi connectivity index (χ3n) is 7.28. The molecule has 2 saturated heterocycles. The number of primary amides is 2. The van der Waals surface area contributed by atoms with E-state index < -0.39 is 46.8 Å². The molecule has 11 heteroatoms. The van der Waals surface area contributed by atoms with E-state index in [2.05, 4.69) is 10.3 Å². The fraction of sp³-hybridized carbons (Fsp3) is 0.538. The molecule has 2 aliphatic rings. The maximum Gasteiger partial charge on any atom is 0.271 e. The largest absolute Gasteiger partial charge is 0.496 e. The van der Waals surface area contributed by atoms with Gasteiger partial charge in [0.25, 0.3) is 5.91 Å². The van der Waals surface area contributed by atoms with Gasteiger partial charge in [0.1, 0.15) is 17.0 Å². The van der Waals surface area contributed by atoms with E-state index in [1.54, 1.807) is 24.3 Å². The minimum Gasteiger partial charge on any atom is -0.496 e. The van der Waals surface area contributed by atoms with E-state index in [1.807, 2.05) is 20.8 Å². The molecule has 1 aromatic carbocycles. The number of aromatic amines is 1. The van der Waals surface area contributed by atoms with Crippen molar-refractivity contribution in [3.8, 4) is 5.75 Å². The van der Waals surface area contributed by atoms with Crippen molar-refractivity contribution in [1.82, 2.24) is 15.2 Å². The lowest BCUT2D eigenvalue weighted by Gasteiger charge is -2.40. The van der Waals surface area contributed by atoms with Gasteiger partial charge in [-0.05, 0) is 51.8 Å². The molecule has 1 aromatic heterocycles. The Bertz CT molecular complexity index is 1230. The van der Waals surface area contributed by atoms with Gasteiger partial charge in [0, 0.05) is 36.3 Å². The number of rotatable bonds is 8. The number of likely N-dealkylation sites (tertiary alicyclic amines) is 1. The second-order valence-electron chi connectivity index (χ2n) is 10.8. The Kier molecular flexibility index (Phi) is 6.93. The molecule has 0 radical (unpaired) electrons. The molecule has 3 heterocycles. The van der Waals surface area contributed by atoms with Crippen molar-refractivity contribution in [2.24, 2.45) is 23.3 Å². The van der Waals surface area contributed by atoms with Crippen molar-refractivity contribution < 1.29 is 28.7 Å². The number of nitrogens with zero attached hydrogens (tertiary/aromatic N) is 1. The summed E-state index contributed by atoms with van der Waals surface area (Å²) < 4.78 is 11.6. The van der Waals surface area contributed by atoms with Gasteiger partial charge in [-0.15, -0.1) is 0 Å². The van der Waals surface area contributed by atoms with Crippen LogP contribution in [-0.2, 0) is 19.1 Å². The number of carbonyl (C=O) groups is 4. The maximum absolute atomic E-state index is 14.0. The third kappa shape index (κ3) is 4.87. The molecule has 4 atom stereocenters. The van der Waals surface area contributed by atoms with Crippen molar-refractivity contribution in [3.05, 3.63) is 30.0 Å². The van der Waals surface area contributed by atoms with Gasteiger partial charge < -0.3 is 36.1 Å². The van der Waals surface area contributed by atoms with Gasteiger partial charge >= 0.3 is 0 Å². The van der Waals surface area contributed by atoms with Crippen LogP contribution >= 0.6 is 0 Å². The van der Waals surface area contributed by atoms with Crippen molar-refractivity contribution in [1.29, 1.82) is 0 Å². The van der Waals surface area contributed by atoms with Crippen LogP contribution in [0.25, 0.3) is 10.9 Å². The van der Waals surface area contributed by atoms with Crippen LogP contribution in [0.15, 0.2) is 24.3 Å². The number of benzene rings is 1. The smallest absolute Gasteiger partial charge is 0.271 e. The number of amides is 4. The van der Waals surface area contributed by atoms with E-state index in [1.165, 1.54) is 12.0 Å². The van der Waals surface area contributed by atoms with Crippen LogP contribution in [-0.4, -0.2) is 71.0 Å². The molecule has 11 nitrogen and oxygen atoms in total. The molecule has 37 heavy (non-hydrogen) atoms. The molecule has 4 rings (SSSR count). The number of hydrogen-bond acceptors (Lipinski definition) is 6. The summed E-state index contributed by atoms with van der Waals surface area (Å²) in [6, 6.07) is 7.01. The summed E-state index contributed by atoms with van der Waals surface area (Å²) in [6.07, 6.45) is -0.113.